The first-order valence-corrected chi connectivity index (χ1v) is 7.99. The molecule has 2 fully saturated rings. The van der Waals surface area contributed by atoms with Gasteiger partial charge in [0.25, 0.3) is 0 Å². The van der Waals surface area contributed by atoms with Gasteiger partial charge in [-0.3, -0.25) is 4.79 Å². The number of nitriles is 1. The average Bonchev–Trinajstić information content (AvgIpc) is 3.38. The predicted octanol–water partition coefficient (Wildman–Crippen LogP) is 2.10. The zero-order valence-electron chi connectivity index (χ0n) is 13.2. The minimum Gasteiger partial charge on any atom is -0.355 e. The molecule has 3 rings (SSSR count). The van der Waals surface area contributed by atoms with Crippen molar-refractivity contribution in [3.63, 3.8) is 0 Å². The molecule has 2 heterocycles. The van der Waals surface area contributed by atoms with Crippen molar-refractivity contribution in [1.29, 1.82) is 5.26 Å². The van der Waals surface area contributed by atoms with Crippen LogP contribution in [0.5, 0.6) is 0 Å². The Balaban J connectivity index is 1.65. The molecule has 1 aromatic heterocycles. The molecule has 0 unspecified atom stereocenters. The van der Waals surface area contributed by atoms with Crippen LogP contribution < -0.4 is 4.90 Å². The normalized spacial score (nSPS) is 18.9. The summed E-state index contributed by atoms with van der Waals surface area (Å²) in [6.07, 6.45) is 3.99. The summed E-state index contributed by atoms with van der Waals surface area (Å²) in [4.78, 5) is 20.8. The molecular formula is C17H22N4O. The summed E-state index contributed by atoms with van der Waals surface area (Å²) in [5, 5.41) is 9.25. The Labute approximate surface area is 131 Å². The van der Waals surface area contributed by atoms with Crippen LogP contribution in [0.25, 0.3) is 0 Å². The number of hydrogen-bond acceptors (Lipinski definition) is 4. The number of nitrogens with zero attached hydrogens (tertiary/aromatic N) is 4. The molecule has 0 radical (unpaired) electrons. The molecule has 1 aliphatic carbocycles. The Morgan fingerprint density at radius 2 is 2.00 bits per heavy atom. The molecule has 5 nitrogen and oxygen atoms in total. The Morgan fingerprint density at radius 3 is 2.59 bits per heavy atom. The number of carbonyl (C=O) groups is 1. The van der Waals surface area contributed by atoms with Crippen molar-refractivity contribution in [2.24, 2.45) is 5.92 Å². The smallest absolute Gasteiger partial charge is 0.225 e. The molecule has 5 heteroatoms. The van der Waals surface area contributed by atoms with Crippen LogP contribution in [0.15, 0.2) is 12.1 Å². The molecule has 0 bridgehead atoms. The molecule has 22 heavy (non-hydrogen) atoms. The van der Waals surface area contributed by atoms with Crippen LogP contribution in [0.2, 0.25) is 0 Å². The van der Waals surface area contributed by atoms with Gasteiger partial charge in [-0.2, -0.15) is 5.26 Å². The predicted molar refractivity (Wildman–Crippen MR) is 84.4 cm³/mol. The van der Waals surface area contributed by atoms with Crippen LogP contribution in [-0.4, -0.2) is 42.0 Å². The largest absolute Gasteiger partial charge is 0.355 e. The van der Waals surface area contributed by atoms with E-state index in [2.05, 4.69) is 16.0 Å². The summed E-state index contributed by atoms with van der Waals surface area (Å²) in [6, 6.07) is 6.26. The summed E-state index contributed by atoms with van der Waals surface area (Å²) in [5.74, 6) is 1.38. The van der Waals surface area contributed by atoms with Crippen molar-refractivity contribution < 1.29 is 4.79 Å². The maximum Gasteiger partial charge on any atom is 0.225 e. The van der Waals surface area contributed by atoms with Crippen molar-refractivity contribution in [3.05, 3.63) is 23.4 Å². The first-order chi connectivity index (χ1) is 10.6. The summed E-state index contributed by atoms with van der Waals surface area (Å²) in [6.45, 7) is 3.63. The lowest BCUT2D eigenvalue weighted by molar-refractivity contribution is -0.133. The third-order valence-electron chi connectivity index (χ3n) is 4.72. The van der Waals surface area contributed by atoms with Gasteiger partial charge in [0.2, 0.25) is 5.91 Å². The van der Waals surface area contributed by atoms with Gasteiger partial charge in [-0.1, -0.05) is 0 Å². The lowest BCUT2D eigenvalue weighted by atomic mass is 10.0. The monoisotopic (exact) mass is 298 g/mol. The van der Waals surface area contributed by atoms with Crippen molar-refractivity contribution in [2.75, 3.05) is 25.0 Å². The highest BCUT2D eigenvalue weighted by Gasteiger charge is 2.35. The molecule has 0 aromatic carbocycles. The first-order valence-electron chi connectivity index (χ1n) is 7.99. The van der Waals surface area contributed by atoms with Gasteiger partial charge in [0, 0.05) is 37.8 Å². The molecule has 2 aliphatic rings. The molecular weight excluding hydrogens is 276 g/mol. The molecule has 1 amide bonds. The highest BCUT2D eigenvalue weighted by Crippen LogP contribution is 2.32. The fourth-order valence-corrected chi connectivity index (χ4v) is 3.13. The molecule has 116 valence electrons. The lowest BCUT2D eigenvalue weighted by Crippen LogP contribution is -2.46. The maximum atomic E-state index is 12.2. The minimum absolute atomic E-state index is 0.284. The summed E-state index contributed by atoms with van der Waals surface area (Å²) in [7, 11) is 1.94. The SMILES string of the molecule is Cc1ccc(C#N)c(N2CCC(N(C)C(=O)C3CC3)CC2)n1. The van der Waals surface area contributed by atoms with E-state index in [0.29, 0.717) is 17.5 Å². The van der Waals surface area contributed by atoms with Crippen LogP contribution >= 0.6 is 0 Å². The van der Waals surface area contributed by atoms with E-state index in [0.717, 1.165) is 50.3 Å². The van der Waals surface area contributed by atoms with Gasteiger partial charge in [0.15, 0.2) is 0 Å². The second-order valence-corrected chi connectivity index (χ2v) is 6.38. The van der Waals surface area contributed by atoms with Gasteiger partial charge in [0.05, 0.1) is 5.56 Å². The molecule has 1 aliphatic heterocycles. The van der Waals surface area contributed by atoms with Crippen molar-refractivity contribution >= 4 is 11.7 Å². The van der Waals surface area contributed by atoms with Crippen LogP contribution in [0, 0.1) is 24.2 Å². The van der Waals surface area contributed by atoms with Gasteiger partial charge in [-0.05, 0) is 44.7 Å². The number of piperidine rings is 1. The summed E-state index contributed by atoms with van der Waals surface area (Å²) >= 11 is 0. The molecule has 0 spiro atoms. The lowest BCUT2D eigenvalue weighted by Gasteiger charge is -2.37. The minimum atomic E-state index is 0.284. The second-order valence-electron chi connectivity index (χ2n) is 6.38. The molecule has 0 atom stereocenters. The van der Waals surface area contributed by atoms with E-state index in [9.17, 15) is 10.1 Å². The number of aromatic nitrogens is 1. The van der Waals surface area contributed by atoms with Crippen LogP contribution in [0.4, 0.5) is 5.82 Å². The van der Waals surface area contributed by atoms with E-state index in [-0.39, 0.29) is 5.92 Å². The van der Waals surface area contributed by atoms with E-state index in [1.165, 1.54) is 0 Å². The van der Waals surface area contributed by atoms with E-state index >= 15 is 0 Å². The number of anilines is 1. The third kappa shape index (κ3) is 2.92. The maximum absolute atomic E-state index is 12.2. The molecule has 1 saturated heterocycles. The van der Waals surface area contributed by atoms with Crippen molar-refractivity contribution in [2.45, 2.75) is 38.6 Å². The van der Waals surface area contributed by atoms with Crippen molar-refractivity contribution in [3.8, 4) is 6.07 Å². The Bertz CT molecular complexity index is 610. The van der Waals surface area contributed by atoms with E-state index < -0.39 is 0 Å². The number of carbonyl (C=O) groups excluding carboxylic acids is 1. The molecule has 1 saturated carbocycles. The first kappa shape index (κ1) is 14.8. The standard InChI is InChI=1S/C17H22N4O/c1-12-3-4-14(11-18)16(19-12)21-9-7-15(8-10-21)20(2)17(22)13-5-6-13/h3-4,13,15H,5-10H2,1-2H3. The Morgan fingerprint density at radius 1 is 1.32 bits per heavy atom. The van der Waals surface area contributed by atoms with Gasteiger partial charge < -0.3 is 9.80 Å². The zero-order chi connectivity index (χ0) is 15.7. The second kappa shape index (κ2) is 5.96. The Hall–Kier alpha value is -2.09. The van der Waals surface area contributed by atoms with Crippen LogP contribution in [0.3, 0.4) is 0 Å². The molecule has 1 aromatic rings. The number of rotatable bonds is 3. The number of hydrogen-bond donors (Lipinski definition) is 0. The Kier molecular flexibility index (Phi) is 4.02. The summed E-state index contributed by atoms with van der Waals surface area (Å²) < 4.78 is 0. The molecule has 0 N–H and O–H groups in total. The number of amides is 1. The topological polar surface area (TPSA) is 60.2 Å². The van der Waals surface area contributed by atoms with Gasteiger partial charge in [-0.15, -0.1) is 0 Å². The highest BCUT2D eigenvalue weighted by molar-refractivity contribution is 5.81. The fraction of sp³-hybridized carbons (Fsp3) is 0.588. The van der Waals surface area contributed by atoms with E-state index in [1.807, 2.05) is 31.0 Å². The highest BCUT2D eigenvalue weighted by atomic mass is 16.2. The van der Waals surface area contributed by atoms with Crippen LogP contribution in [-0.2, 0) is 4.79 Å². The average molecular weight is 298 g/mol. The van der Waals surface area contributed by atoms with Gasteiger partial charge >= 0.3 is 0 Å². The fourth-order valence-electron chi connectivity index (χ4n) is 3.13. The van der Waals surface area contributed by atoms with E-state index in [4.69, 9.17) is 0 Å². The third-order valence-corrected chi connectivity index (χ3v) is 4.72. The van der Waals surface area contributed by atoms with Gasteiger partial charge in [-0.25, -0.2) is 4.98 Å². The van der Waals surface area contributed by atoms with Crippen molar-refractivity contribution in [1.82, 2.24) is 9.88 Å². The van der Waals surface area contributed by atoms with Crippen LogP contribution in [0.1, 0.15) is 36.9 Å². The quantitative estimate of drug-likeness (QED) is 0.857. The number of pyridine rings is 1. The summed E-state index contributed by atoms with van der Waals surface area (Å²) in [5.41, 5.74) is 1.56. The number of aryl methyl sites for hydroxylation is 1. The van der Waals surface area contributed by atoms with E-state index in [1.54, 1.807) is 0 Å². The van der Waals surface area contributed by atoms with Gasteiger partial charge in [0.1, 0.15) is 11.9 Å². The zero-order valence-corrected chi connectivity index (χ0v) is 13.2.